The van der Waals surface area contributed by atoms with E-state index < -0.39 is 9.84 Å². The van der Waals surface area contributed by atoms with Gasteiger partial charge in [0.05, 0.1) is 7.11 Å². The highest BCUT2D eigenvalue weighted by molar-refractivity contribution is 7.90. The maximum Gasteiger partial charge on any atom is 0.194 e. The summed E-state index contributed by atoms with van der Waals surface area (Å²) in [5.41, 5.74) is 0. The van der Waals surface area contributed by atoms with E-state index in [1.165, 1.54) is 13.2 Å². The standard InChI is InChI=1S/C6H7ClN2O3S/c1-12-4-3-5(13(2,10)11)8-9-6(4)7/h3H,1-2H3. The molecule has 5 nitrogen and oxygen atoms in total. The minimum absolute atomic E-state index is 0.0369. The van der Waals surface area contributed by atoms with Gasteiger partial charge in [0.2, 0.25) is 0 Å². The SMILES string of the molecule is COc1cc(S(C)(=O)=O)nnc1Cl. The molecule has 1 heterocycles. The second kappa shape index (κ2) is 3.47. The van der Waals surface area contributed by atoms with E-state index in [1.807, 2.05) is 0 Å². The third-order valence-corrected chi connectivity index (χ3v) is 2.52. The number of halogens is 1. The van der Waals surface area contributed by atoms with E-state index in [2.05, 4.69) is 10.2 Å². The molecule has 0 saturated carbocycles. The highest BCUT2D eigenvalue weighted by atomic mass is 35.5. The molecule has 7 heteroatoms. The fourth-order valence-electron chi connectivity index (χ4n) is 0.667. The molecule has 0 saturated heterocycles. The molecule has 0 spiro atoms. The molecule has 0 atom stereocenters. The van der Waals surface area contributed by atoms with Gasteiger partial charge in [0.25, 0.3) is 0 Å². The minimum Gasteiger partial charge on any atom is -0.493 e. The largest absolute Gasteiger partial charge is 0.493 e. The highest BCUT2D eigenvalue weighted by Gasteiger charge is 2.13. The van der Waals surface area contributed by atoms with Gasteiger partial charge in [0.15, 0.2) is 25.8 Å². The number of hydrogen-bond donors (Lipinski definition) is 0. The number of rotatable bonds is 2. The molecule has 0 aromatic carbocycles. The van der Waals surface area contributed by atoms with E-state index in [9.17, 15) is 8.42 Å². The van der Waals surface area contributed by atoms with Crippen LogP contribution in [0.4, 0.5) is 0 Å². The monoisotopic (exact) mass is 222 g/mol. The second-order valence-electron chi connectivity index (χ2n) is 2.31. The Balaban J connectivity index is 3.30. The third kappa shape index (κ3) is 2.28. The molecule has 0 aliphatic heterocycles. The number of nitrogens with zero attached hydrogens (tertiary/aromatic N) is 2. The van der Waals surface area contributed by atoms with Crippen molar-refractivity contribution in [3.05, 3.63) is 11.2 Å². The van der Waals surface area contributed by atoms with E-state index in [1.54, 1.807) is 0 Å². The van der Waals surface area contributed by atoms with Crippen LogP contribution in [0.2, 0.25) is 5.15 Å². The van der Waals surface area contributed by atoms with Crippen molar-refractivity contribution in [1.82, 2.24) is 10.2 Å². The Kier molecular flexibility index (Phi) is 2.72. The molecule has 0 unspecified atom stereocenters. The van der Waals surface area contributed by atoms with Crippen LogP contribution in [-0.4, -0.2) is 32.0 Å². The molecule has 13 heavy (non-hydrogen) atoms. The van der Waals surface area contributed by atoms with Crippen molar-refractivity contribution in [2.24, 2.45) is 0 Å². The van der Waals surface area contributed by atoms with Crippen LogP contribution in [0.15, 0.2) is 11.1 Å². The summed E-state index contributed by atoms with van der Waals surface area (Å²) in [4.78, 5) is 0. The maximum absolute atomic E-state index is 11.0. The van der Waals surface area contributed by atoms with Gasteiger partial charge in [-0.15, -0.1) is 10.2 Å². The molecule has 0 fully saturated rings. The lowest BCUT2D eigenvalue weighted by Gasteiger charge is -2.02. The lowest BCUT2D eigenvalue weighted by atomic mass is 10.5. The zero-order valence-electron chi connectivity index (χ0n) is 6.98. The van der Waals surface area contributed by atoms with Crippen molar-refractivity contribution in [2.45, 2.75) is 5.03 Å². The molecule has 0 amide bonds. The summed E-state index contributed by atoms with van der Waals surface area (Å²) in [5, 5.41) is 6.71. The van der Waals surface area contributed by atoms with E-state index in [4.69, 9.17) is 16.3 Å². The smallest absolute Gasteiger partial charge is 0.194 e. The van der Waals surface area contributed by atoms with Crippen LogP contribution >= 0.6 is 11.6 Å². The number of aromatic nitrogens is 2. The van der Waals surface area contributed by atoms with Crippen LogP contribution in [0.25, 0.3) is 0 Å². The van der Waals surface area contributed by atoms with Crippen molar-refractivity contribution < 1.29 is 13.2 Å². The number of ether oxygens (including phenoxy) is 1. The first-order chi connectivity index (χ1) is 5.95. The molecular formula is C6H7ClN2O3S. The first kappa shape index (κ1) is 10.2. The van der Waals surface area contributed by atoms with Gasteiger partial charge in [0, 0.05) is 12.3 Å². The summed E-state index contributed by atoms with van der Waals surface area (Å²) < 4.78 is 26.8. The first-order valence-corrected chi connectivity index (χ1v) is 5.49. The van der Waals surface area contributed by atoms with E-state index in [0.29, 0.717) is 0 Å². The molecule has 0 N–H and O–H groups in total. The quantitative estimate of drug-likeness (QED) is 0.731. The molecule has 0 aliphatic rings. The van der Waals surface area contributed by atoms with Gasteiger partial charge in [-0.3, -0.25) is 0 Å². The normalized spacial score (nSPS) is 11.3. The zero-order chi connectivity index (χ0) is 10.1. The molecule has 0 aliphatic carbocycles. The molecule has 0 radical (unpaired) electrons. The van der Waals surface area contributed by atoms with E-state index in [0.717, 1.165) is 6.26 Å². The molecule has 1 rings (SSSR count). The molecule has 0 bridgehead atoms. The topological polar surface area (TPSA) is 69.2 Å². The summed E-state index contributed by atoms with van der Waals surface area (Å²) in [5.74, 6) is 0.192. The lowest BCUT2D eigenvalue weighted by molar-refractivity contribution is 0.409. The Labute approximate surface area is 80.6 Å². The van der Waals surface area contributed by atoms with Crippen LogP contribution in [0, 0.1) is 0 Å². The van der Waals surface area contributed by atoms with Crippen molar-refractivity contribution in [2.75, 3.05) is 13.4 Å². The Hall–Kier alpha value is -0.880. The summed E-state index contributed by atoms with van der Waals surface area (Å²) in [6, 6.07) is 1.23. The summed E-state index contributed by atoms with van der Waals surface area (Å²) in [6.07, 6.45) is 1.03. The molecule has 1 aromatic heterocycles. The van der Waals surface area contributed by atoms with Crippen molar-refractivity contribution in [3.63, 3.8) is 0 Å². The van der Waals surface area contributed by atoms with Crippen molar-refractivity contribution >= 4 is 21.4 Å². The summed E-state index contributed by atoms with van der Waals surface area (Å²) >= 11 is 5.55. The lowest BCUT2D eigenvalue weighted by Crippen LogP contribution is -2.03. The molecular weight excluding hydrogens is 216 g/mol. The van der Waals surface area contributed by atoms with Crippen molar-refractivity contribution in [3.8, 4) is 5.75 Å². The molecule has 72 valence electrons. The highest BCUT2D eigenvalue weighted by Crippen LogP contribution is 2.22. The summed E-state index contributed by atoms with van der Waals surface area (Å²) in [6.45, 7) is 0. The Morgan fingerprint density at radius 3 is 2.54 bits per heavy atom. The average Bonchev–Trinajstić information content (AvgIpc) is 2.03. The van der Waals surface area contributed by atoms with Crippen molar-refractivity contribution in [1.29, 1.82) is 0 Å². The van der Waals surface area contributed by atoms with Crippen LogP contribution in [-0.2, 0) is 9.84 Å². The minimum atomic E-state index is -3.36. The van der Waals surface area contributed by atoms with Gasteiger partial charge < -0.3 is 4.74 Å². The fraction of sp³-hybridized carbons (Fsp3) is 0.333. The van der Waals surface area contributed by atoms with Gasteiger partial charge in [-0.05, 0) is 0 Å². The van der Waals surface area contributed by atoms with Gasteiger partial charge in [-0.25, -0.2) is 8.42 Å². The molecule has 1 aromatic rings. The second-order valence-corrected chi connectivity index (χ2v) is 4.63. The summed E-state index contributed by atoms with van der Waals surface area (Å²) in [7, 11) is -1.99. The third-order valence-electron chi connectivity index (χ3n) is 1.29. The predicted octanol–water partition coefficient (Wildman–Crippen LogP) is 0.542. The van der Waals surface area contributed by atoms with Gasteiger partial charge >= 0.3 is 0 Å². The first-order valence-electron chi connectivity index (χ1n) is 3.22. The number of methoxy groups -OCH3 is 1. The average molecular weight is 223 g/mol. The predicted molar refractivity (Wildman–Crippen MR) is 46.7 cm³/mol. The van der Waals surface area contributed by atoms with Crippen LogP contribution in [0.1, 0.15) is 0 Å². The Morgan fingerprint density at radius 2 is 2.08 bits per heavy atom. The van der Waals surface area contributed by atoms with Gasteiger partial charge in [-0.2, -0.15) is 0 Å². The number of sulfone groups is 1. The zero-order valence-corrected chi connectivity index (χ0v) is 8.56. The van der Waals surface area contributed by atoms with Gasteiger partial charge in [-0.1, -0.05) is 11.6 Å². The van der Waals surface area contributed by atoms with E-state index in [-0.39, 0.29) is 15.9 Å². The number of hydrogen-bond acceptors (Lipinski definition) is 5. The van der Waals surface area contributed by atoms with E-state index >= 15 is 0 Å². The van der Waals surface area contributed by atoms with Gasteiger partial charge in [0.1, 0.15) is 0 Å². The maximum atomic E-state index is 11.0. The fourth-order valence-corrected chi connectivity index (χ4v) is 1.35. The van der Waals surface area contributed by atoms with Crippen LogP contribution in [0.3, 0.4) is 0 Å². The Bertz CT molecular complexity index is 418. The van der Waals surface area contributed by atoms with Crippen LogP contribution in [0.5, 0.6) is 5.75 Å². The van der Waals surface area contributed by atoms with Crippen LogP contribution < -0.4 is 4.74 Å². The Morgan fingerprint density at radius 1 is 1.46 bits per heavy atom.